The van der Waals surface area contributed by atoms with Crippen molar-refractivity contribution >= 4 is 35.2 Å². The van der Waals surface area contributed by atoms with Crippen LogP contribution in [0, 0.1) is 0 Å². The molecule has 1 aliphatic rings. The largest absolute Gasteiger partial charge is 0.416 e. The van der Waals surface area contributed by atoms with Crippen molar-refractivity contribution in [2.75, 3.05) is 5.75 Å². The Morgan fingerprint density at radius 3 is 2.41 bits per heavy atom. The second-order valence-corrected chi connectivity index (χ2v) is 9.32. The van der Waals surface area contributed by atoms with Crippen molar-refractivity contribution in [2.24, 2.45) is 0 Å². The van der Waals surface area contributed by atoms with Crippen LogP contribution in [0.5, 0.6) is 0 Å². The third-order valence-corrected chi connectivity index (χ3v) is 6.91. The molecular formula is C25H20ClF3N2O2S. The van der Waals surface area contributed by atoms with Gasteiger partial charge in [-0.25, -0.2) is 0 Å². The number of rotatable bonds is 6. The van der Waals surface area contributed by atoms with Crippen molar-refractivity contribution in [3.63, 3.8) is 0 Å². The Hall–Kier alpha value is -2.97. The van der Waals surface area contributed by atoms with Crippen LogP contribution in [0.4, 0.5) is 13.2 Å². The first kappa shape index (κ1) is 24.2. The molecule has 0 aromatic heterocycles. The molecule has 1 saturated heterocycles. The molecule has 4 nitrogen and oxygen atoms in total. The fraction of sp³-hybridized carbons (Fsp3) is 0.200. The zero-order valence-corrected chi connectivity index (χ0v) is 19.4. The fourth-order valence-electron chi connectivity index (χ4n) is 3.63. The molecule has 2 amide bonds. The number of halogens is 4. The van der Waals surface area contributed by atoms with Crippen LogP contribution < -0.4 is 5.32 Å². The molecule has 0 aliphatic carbocycles. The molecule has 1 heterocycles. The Morgan fingerprint density at radius 1 is 1.03 bits per heavy atom. The van der Waals surface area contributed by atoms with Crippen molar-refractivity contribution in [2.45, 2.75) is 24.6 Å². The molecule has 4 rings (SSSR count). The van der Waals surface area contributed by atoms with Gasteiger partial charge in [-0.3, -0.25) is 9.59 Å². The number of thioether (sulfide) groups is 1. The first-order valence-corrected chi connectivity index (χ1v) is 11.8. The number of amides is 2. The normalized spacial score (nSPS) is 16.1. The lowest BCUT2D eigenvalue weighted by atomic mass is 10.1. The van der Waals surface area contributed by atoms with Gasteiger partial charge in [0.05, 0.1) is 11.3 Å². The molecule has 3 aromatic carbocycles. The fourth-order valence-corrected chi connectivity index (χ4v) is 4.94. The molecule has 1 atom stereocenters. The second kappa shape index (κ2) is 10.1. The number of benzene rings is 3. The van der Waals surface area contributed by atoms with Gasteiger partial charge in [0.2, 0.25) is 5.91 Å². The van der Waals surface area contributed by atoms with E-state index in [9.17, 15) is 22.8 Å². The number of carbonyl (C=O) groups is 2. The van der Waals surface area contributed by atoms with Crippen LogP contribution in [0.1, 0.15) is 38.0 Å². The van der Waals surface area contributed by atoms with Gasteiger partial charge in [0.15, 0.2) is 0 Å². The zero-order chi connectivity index (χ0) is 24.3. The van der Waals surface area contributed by atoms with Crippen molar-refractivity contribution in [3.8, 4) is 0 Å². The average Bonchev–Trinajstić information content (AvgIpc) is 3.18. The summed E-state index contributed by atoms with van der Waals surface area (Å²) in [5.41, 5.74) is 1.85. The molecule has 0 spiro atoms. The highest BCUT2D eigenvalue weighted by Gasteiger charge is 2.33. The van der Waals surface area contributed by atoms with Crippen LogP contribution in [-0.2, 0) is 24.1 Å². The Kier molecular flexibility index (Phi) is 7.19. The summed E-state index contributed by atoms with van der Waals surface area (Å²) >= 11 is 7.46. The maximum atomic E-state index is 12.9. The van der Waals surface area contributed by atoms with Gasteiger partial charge in [-0.2, -0.15) is 13.2 Å². The lowest BCUT2D eigenvalue weighted by Crippen LogP contribution is -2.27. The summed E-state index contributed by atoms with van der Waals surface area (Å²) in [7, 11) is 0. The summed E-state index contributed by atoms with van der Waals surface area (Å²) in [6.45, 7) is 0.430. The quantitative estimate of drug-likeness (QED) is 0.443. The molecule has 0 radical (unpaired) electrons. The second-order valence-electron chi connectivity index (χ2n) is 7.81. The topological polar surface area (TPSA) is 49.4 Å². The maximum absolute atomic E-state index is 12.9. The predicted molar refractivity (Wildman–Crippen MR) is 126 cm³/mol. The van der Waals surface area contributed by atoms with Crippen LogP contribution in [0.3, 0.4) is 0 Å². The van der Waals surface area contributed by atoms with E-state index in [1.807, 2.05) is 12.1 Å². The van der Waals surface area contributed by atoms with E-state index in [1.165, 1.54) is 23.9 Å². The van der Waals surface area contributed by atoms with Gasteiger partial charge in [-0.15, -0.1) is 11.8 Å². The molecule has 0 saturated carbocycles. The standard InChI is InChI=1S/C25H20ClF3N2O2S/c26-21-10-4-16(5-11-21)14-31-22(32)15-34-24(31)19-8-6-18(7-9-19)23(33)30-13-17-2-1-3-20(12-17)25(27,28)29/h1-12,24H,13-15H2,(H,30,33)/t24-/m0/s1. The average molecular weight is 505 g/mol. The van der Waals surface area contributed by atoms with Crippen molar-refractivity contribution in [3.05, 3.63) is 106 Å². The Morgan fingerprint density at radius 2 is 1.74 bits per heavy atom. The highest BCUT2D eigenvalue weighted by atomic mass is 35.5. The first-order valence-electron chi connectivity index (χ1n) is 10.4. The Balaban J connectivity index is 1.40. The van der Waals surface area contributed by atoms with E-state index in [1.54, 1.807) is 41.3 Å². The molecule has 34 heavy (non-hydrogen) atoms. The van der Waals surface area contributed by atoms with E-state index in [-0.39, 0.29) is 17.8 Å². The monoisotopic (exact) mass is 504 g/mol. The smallest absolute Gasteiger partial charge is 0.348 e. The number of hydrogen-bond donors (Lipinski definition) is 1. The molecule has 0 unspecified atom stereocenters. The Bertz CT molecular complexity index is 1180. The van der Waals surface area contributed by atoms with Gasteiger partial charge in [0, 0.05) is 23.7 Å². The van der Waals surface area contributed by atoms with E-state index in [0.717, 1.165) is 23.3 Å². The van der Waals surface area contributed by atoms with Crippen LogP contribution in [0.15, 0.2) is 72.8 Å². The van der Waals surface area contributed by atoms with E-state index in [0.29, 0.717) is 28.4 Å². The molecular weight excluding hydrogens is 485 g/mol. The van der Waals surface area contributed by atoms with E-state index in [2.05, 4.69) is 5.32 Å². The molecule has 1 aliphatic heterocycles. The highest BCUT2D eigenvalue weighted by molar-refractivity contribution is 8.00. The molecule has 3 aromatic rings. The zero-order valence-electron chi connectivity index (χ0n) is 17.8. The van der Waals surface area contributed by atoms with Gasteiger partial charge < -0.3 is 10.2 Å². The van der Waals surface area contributed by atoms with E-state index < -0.39 is 17.6 Å². The van der Waals surface area contributed by atoms with Gasteiger partial charge in [0.25, 0.3) is 5.91 Å². The minimum Gasteiger partial charge on any atom is -0.348 e. The third kappa shape index (κ3) is 5.74. The lowest BCUT2D eigenvalue weighted by Gasteiger charge is -2.24. The number of nitrogens with zero attached hydrogens (tertiary/aromatic N) is 1. The van der Waals surface area contributed by atoms with E-state index in [4.69, 9.17) is 11.6 Å². The molecule has 1 N–H and O–H groups in total. The van der Waals surface area contributed by atoms with Gasteiger partial charge >= 0.3 is 6.18 Å². The lowest BCUT2D eigenvalue weighted by molar-refractivity contribution is -0.137. The number of carbonyl (C=O) groups excluding carboxylic acids is 2. The van der Waals surface area contributed by atoms with Crippen molar-refractivity contribution in [1.29, 1.82) is 0 Å². The van der Waals surface area contributed by atoms with Crippen LogP contribution in [0.2, 0.25) is 5.02 Å². The summed E-state index contributed by atoms with van der Waals surface area (Å²) in [6.07, 6.45) is -4.43. The minimum atomic E-state index is -4.43. The van der Waals surface area contributed by atoms with Crippen molar-refractivity contribution in [1.82, 2.24) is 10.2 Å². The van der Waals surface area contributed by atoms with Crippen molar-refractivity contribution < 1.29 is 22.8 Å². The van der Waals surface area contributed by atoms with Crippen LogP contribution in [0.25, 0.3) is 0 Å². The van der Waals surface area contributed by atoms with E-state index >= 15 is 0 Å². The minimum absolute atomic E-state index is 0.0215. The van der Waals surface area contributed by atoms with Crippen LogP contribution in [-0.4, -0.2) is 22.5 Å². The van der Waals surface area contributed by atoms with Gasteiger partial charge in [0.1, 0.15) is 5.37 Å². The third-order valence-electron chi connectivity index (χ3n) is 5.40. The maximum Gasteiger partial charge on any atom is 0.416 e. The predicted octanol–water partition coefficient (Wildman–Crippen LogP) is 6.06. The number of hydrogen-bond acceptors (Lipinski definition) is 3. The summed E-state index contributed by atoms with van der Waals surface area (Å²) in [6, 6.07) is 19.1. The molecule has 9 heteroatoms. The van der Waals surface area contributed by atoms with Gasteiger partial charge in [-0.05, 0) is 53.1 Å². The van der Waals surface area contributed by atoms with Gasteiger partial charge in [-0.1, -0.05) is 48.0 Å². The summed E-state index contributed by atoms with van der Waals surface area (Å²) in [5, 5.41) is 3.10. The molecule has 1 fully saturated rings. The summed E-state index contributed by atoms with van der Waals surface area (Å²) in [5.74, 6) is 0.0160. The summed E-state index contributed by atoms with van der Waals surface area (Å²) < 4.78 is 38.6. The first-order chi connectivity index (χ1) is 16.2. The molecule has 176 valence electrons. The number of alkyl halides is 3. The Labute approximate surface area is 204 Å². The number of nitrogens with one attached hydrogen (secondary N) is 1. The summed E-state index contributed by atoms with van der Waals surface area (Å²) in [4.78, 5) is 26.7. The van der Waals surface area contributed by atoms with Crippen LogP contribution >= 0.6 is 23.4 Å². The SMILES string of the molecule is O=C(NCc1cccc(C(F)(F)F)c1)c1ccc([C@@H]2SCC(=O)N2Cc2ccc(Cl)cc2)cc1. The highest BCUT2D eigenvalue weighted by Crippen LogP contribution is 2.39. The molecule has 0 bridgehead atoms.